The van der Waals surface area contributed by atoms with E-state index in [0.29, 0.717) is 37.5 Å². The predicted octanol–water partition coefficient (Wildman–Crippen LogP) is 11.4. The van der Waals surface area contributed by atoms with Crippen molar-refractivity contribution >= 4 is 83.6 Å². The minimum Gasteiger partial charge on any atom is -0.545 e. The molecule has 0 spiro atoms. The van der Waals surface area contributed by atoms with Gasteiger partial charge < -0.3 is 49.1 Å². The van der Waals surface area contributed by atoms with Crippen LogP contribution in [0.4, 0.5) is 0 Å². The van der Waals surface area contributed by atoms with Crippen LogP contribution >= 0.6 is 0 Å². The second-order valence-electron chi connectivity index (χ2n) is 17.2. The molecule has 0 aliphatic carbocycles. The summed E-state index contributed by atoms with van der Waals surface area (Å²) in [7, 11) is 0. The molecule has 0 atom stereocenters. The first-order valence-corrected chi connectivity index (χ1v) is 28.0. The van der Waals surface area contributed by atoms with Crippen LogP contribution in [-0.4, -0.2) is 96.8 Å². The molecular weight excluding hydrogens is 1150 g/mol. The molecule has 0 bridgehead atoms. The van der Waals surface area contributed by atoms with Crippen molar-refractivity contribution in [2.75, 3.05) is 13.2 Å². The second kappa shape index (κ2) is 90.2. The van der Waals surface area contributed by atoms with E-state index in [1.165, 1.54) is 167 Å². The molecule has 0 heterocycles. The SMILES string of the molecule is CCCCCCCCOC(=O)/C=C\C(=O)[O-].CCCCCCCCOC(=O)/C=C\C(=O)[O-].O=C([O-])/C=C\C(=O)[O-].[CH2]CCCCCCC.[CH2]CCCCCCC.[CH2]CCCCCCC.[CH2]CCCCCCC.[Sn+2].[Sn+2]. The van der Waals surface area contributed by atoms with Gasteiger partial charge in [0.1, 0.15) is 0 Å². The summed E-state index contributed by atoms with van der Waals surface area (Å²) in [5.74, 6) is -7.13. The van der Waals surface area contributed by atoms with Gasteiger partial charge >= 0.3 is 59.8 Å². The zero-order valence-electron chi connectivity index (χ0n) is 48.1. The van der Waals surface area contributed by atoms with Crippen LogP contribution in [0.15, 0.2) is 36.5 Å². The van der Waals surface area contributed by atoms with Gasteiger partial charge in [0.15, 0.2) is 0 Å². The molecule has 0 saturated heterocycles. The van der Waals surface area contributed by atoms with E-state index in [0.717, 1.165) is 76.4 Å². The molecular formula is C60H108O12Sn2. The van der Waals surface area contributed by atoms with Gasteiger partial charge in [-0.3, -0.25) is 0 Å². The van der Waals surface area contributed by atoms with Crippen LogP contribution < -0.4 is 20.4 Å². The summed E-state index contributed by atoms with van der Waals surface area (Å²) < 4.78 is 9.56. The number of carboxylic acid groups (broad SMARTS) is 4. The fourth-order valence-corrected chi connectivity index (χ4v) is 5.74. The zero-order valence-corrected chi connectivity index (χ0v) is 53.8. The van der Waals surface area contributed by atoms with Gasteiger partial charge in [-0.1, -0.05) is 288 Å². The third-order valence-electron chi connectivity index (χ3n) is 9.97. The maximum atomic E-state index is 10.9. The molecule has 0 amide bonds. The van der Waals surface area contributed by atoms with E-state index in [1.807, 2.05) is 0 Å². The van der Waals surface area contributed by atoms with Gasteiger partial charge in [0.2, 0.25) is 0 Å². The van der Waals surface area contributed by atoms with Crippen molar-refractivity contribution in [3.05, 3.63) is 64.2 Å². The number of carbonyl (C=O) groups is 6. The quantitative estimate of drug-likeness (QED) is 0.0243. The van der Waals surface area contributed by atoms with E-state index < -0.39 is 35.8 Å². The Morgan fingerprint density at radius 1 is 0.284 bits per heavy atom. The van der Waals surface area contributed by atoms with E-state index in [2.05, 4.69) is 69.2 Å². The summed E-state index contributed by atoms with van der Waals surface area (Å²) in [6.45, 7) is 29.1. The largest absolute Gasteiger partial charge is 2.00 e. The number of carboxylic acids is 4. The van der Waals surface area contributed by atoms with Gasteiger partial charge in [0, 0.05) is 12.2 Å². The normalized spacial score (nSPS) is 9.81. The fourth-order valence-electron chi connectivity index (χ4n) is 5.74. The average Bonchev–Trinajstić information content (AvgIpc) is 3.35. The summed E-state index contributed by atoms with van der Waals surface area (Å²) in [4.78, 5) is 60.5. The summed E-state index contributed by atoms with van der Waals surface area (Å²) in [6, 6.07) is 0. The molecule has 74 heavy (non-hydrogen) atoms. The van der Waals surface area contributed by atoms with E-state index >= 15 is 0 Å². The predicted molar refractivity (Wildman–Crippen MR) is 303 cm³/mol. The van der Waals surface area contributed by atoms with E-state index in [4.69, 9.17) is 9.47 Å². The van der Waals surface area contributed by atoms with Crippen molar-refractivity contribution in [2.24, 2.45) is 0 Å². The van der Waals surface area contributed by atoms with Crippen LogP contribution in [0.3, 0.4) is 0 Å². The maximum Gasteiger partial charge on any atom is 2.00 e. The van der Waals surface area contributed by atoms with Crippen LogP contribution in [0, 0.1) is 27.7 Å². The molecule has 0 aromatic heterocycles. The number of rotatable bonds is 40. The topological polar surface area (TPSA) is 213 Å². The minimum atomic E-state index is -1.55. The van der Waals surface area contributed by atoms with Crippen LogP contribution in [-0.2, 0) is 38.2 Å². The molecule has 0 N–H and O–H groups in total. The van der Waals surface area contributed by atoms with Crippen molar-refractivity contribution in [1.82, 2.24) is 0 Å². The van der Waals surface area contributed by atoms with E-state index in [-0.39, 0.29) is 47.8 Å². The third kappa shape index (κ3) is 128. The molecule has 0 unspecified atom stereocenters. The molecule has 8 radical (unpaired) electrons. The van der Waals surface area contributed by atoms with Gasteiger partial charge in [-0.25, -0.2) is 9.59 Å². The van der Waals surface area contributed by atoms with Crippen molar-refractivity contribution in [2.45, 2.75) is 273 Å². The van der Waals surface area contributed by atoms with E-state index in [9.17, 15) is 49.2 Å². The van der Waals surface area contributed by atoms with Crippen molar-refractivity contribution in [3.8, 4) is 0 Å². The Morgan fingerprint density at radius 3 is 0.622 bits per heavy atom. The summed E-state index contributed by atoms with van der Waals surface area (Å²) in [5.41, 5.74) is 0. The molecule has 428 valence electrons. The van der Waals surface area contributed by atoms with Crippen LogP contribution in [0.25, 0.3) is 0 Å². The number of hydrogen-bond acceptors (Lipinski definition) is 12. The Kier molecular flexibility index (Phi) is 111. The Labute approximate surface area is 489 Å². The van der Waals surface area contributed by atoms with Crippen LogP contribution in [0.2, 0.25) is 0 Å². The molecule has 0 aliphatic rings. The number of esters is 2. The molecule has 0 rings (SSSR count). The molecule has 0 aromatic rings. The van der Waals surface area contributed by atoms with Gasteiger partial charge in [-0.05, 0) is 37.1 Å². The van der Waals surface area contributed by atoms with Gasteiger partial charge in [0.25, 0.3) is 0 Å². The fraction of sp³-hybridized carbons (Fsp3) is 0.733. The number of ether oxygens (including phenoxy) is 2. The number of unbranched alkanes of at least 4 members (excludes halogenated alkanes) is 30. The molecule has 0 fully saturated rings. The molecule has 0 saturated carbocycles. The molecule has 0 aliphatic heterocycles. The van der Waals surface area contributed by atoms with Gasteiger partial charge in [-0.15, -0.1) is 0 Å². The Balaban J connectivity index is -0.0000000973. The van der Waals surface area contributed by atoms with E-state index in [1.54, 1.807) is 0 Å². The molecule has 0 aromatic carbocycles. The van der Waals surface area contributed by atoms with Gasteiger partial charge in [0.05, 0.1) is 37.1 Å². The third-order valence-corrected chi connectivity index (χ3v) is 9.97. The zero-order chi connectivity index (χ0) is 56.0. The first-order valence-electron chi connectivity index (χ1n) is 28.0. The number of carbonyl (C=O) groups excluding carboxylic acids is 6. The first-order chi connectivity index (χ1) is 34.6. The number of hydrogen-bond donors (Lipinski definition) is 0. The Bertz CT molecular complexity index is 1070. The molecule has 14 heteroatoms. The van der Waals surface area contributed by atoms with Crippen LogP contribution in [0.5, 0.6) is 0 Å². The summed E-state index contributed by atoms with van der Waals surface area (Å²) >= 11 is 0. The standard InChI is InChI=1S/2C12H20O4.4C8H17.C4H4O4.2Sn/c2*1-2-3-4-5-6-7-10-16-12(15)9-8-11(13)14;4*1-3-5-7-8-6-4-2;5-3(6)1-2-4(7)8;;/h2*8-9H,2-7,10H2,1H3,(H,13,14);4*1,3-8H2,2H3;1-2H,(H,5,6)(H,7,8);;/q;;;;;;;2*+2/p-4/b2*9-8-;;;;;2-1-;;. The maximum absolute atomic E-state index is 10.9. The minimum absolute atomic E-state index is 0. The van der Waals surface area contributed by atoms with Crippen molar-refractivity contribution < 1.29 is 58.7 Å². The van der Waals surface area contributed by atoms with Gasteiger partial charge in [-0.2, -0.15) is 0 Å². The van der Waals surface area contributed by atoms with Crippen LogP contribution in [0.1, 0.15) is 273 Å². The summed E-state index contributed by atoms with van der Waals surface area (Å²) in [5, 5.41) is 38.8. The van der Waals surface area contributed by atoms with Crippen molar-refractivity contribution in [3.63, 3.8) is 0 Å². The number of aliphatic carboxylic acids is 4. The monoisotopic (exact) mass is 1260 g/mol. The Hall–Kier alpha value is -2.36. The smallest absolute Gasteiger partial charge is 0.545 e. The first kappa shape index (κ1) is 91.1. The average molecular weight is 1260 g/mol. The summed E-state index contributed by atoms with van der Waals surface area (Å²) in [6.07, 6.45) is 49.1. The Morgan fingerprint density at radius 2 is 0.446 bits per heavy atom. The van der Waals surface area contributed by atoms with Crippen molar-refractivity contribution in [1.29, 1.82) is 0 Å². The molecule has 12 nitrogen and oxygen atoms in total. The second-order valence-corrected chi connectivity index (χ2v) is 17.2.